The van der Waals surface area contributed by atoms with Crippen LogP contribution >= 0.6 is 0 Å². The molecule has 0 fully saturated rings. The lowest BCUT2D eigenvalue weighted by Crippen LogP contribution is -2.61. The highest BCUT2D eigenvalue weighted by atomic mass is 16.4. The van der Waals surface area contributed by atoms with Crippen molar-refractivity contribution < 1.29 is 58.2 Å². The number of aromatic nitrogens is 2. The number of imidazole rings is 1. The molecule has 0 aromatic carbocycles. The van der Waals surface area contributed by atoms with Crippen LogP contribution in [0, 0.1) is 5.92 Å². The summed E-state index contributed by atoms with van der Waals surface area (Å²) in [6.45, 7) is 3.67. The topological polar surface area (TPSA) is 416 Å². The van der Waals surface area contributed by atoms with E-state index in [2.05, 4.69) is 41.9 Å². The summed E-state index contributed by atoms with van der Waals surface area (Å²) >= 11 is 0. The number of carbonyl (C=O) groups is 10. The van der Waals surface area contributed by atoms with Crippen molar-refractivity contribution in [2.75, 3.05) is 6.61 Å². The molecular formula is C31H50N12O12. The third kappa shape index (κ3) is 17.5. The molecule has 9 amide bonds. The molecule has 0 saturated carbocycles. The zero-order chi connectivity index (χ0) is 42.0. The van der Waals surface area contributed by atoms with Gasteiger partial charge in [-0.3, -0.25) is 43.2 Å². The molecule has 1 aromatic rings. The van der Waals surface area contributed by atoms with E-state index in [4.69, 9.17) is 22.9 Å². The summed E-state index contributed by atoms with van der Waals surface area (Å²) in [4.78, 5) is 131. The number of primary amides is 3. The summed E-state index contributed by atoms with van der Waals surface area (Å²) in [6.07, 6.45) is 0.211. The number of hydrogen-bond acceptors (Lipinski definition) is 13. The fourth-order valence-corrected chi connectivity index (χ4v) is 4.77. The number of aliphatic carboxylic acids is 1. The zero-order valence-electron chi connectivity index (χ0n) is 30.5. The van der Waals surface area contributed by atoms with Gasteiger partial charge in [0.05, 0.1) is 31.8 Å². The second-order valence-electron chi connectivity index (χ2n) is 12.9. The van der Waals surface area contributed by atoms with Crippen molar-refractivity contribution in [2.24, 2.45) is 28.9 Å². The van der Waals surface area contributed by atoms with Crippen LogP contribution in [0.1, 0.15) is 58.6 Å². The van der Waals surface area contributed by atoms with Crippen molar-refractivity contribution in [3.8, 4) is 0 Å². The Morgan fingerprint density at radius 2 is 1.15 bits per heavy atom. The van der Waals surface area contributed by atoms with Gasteiger partial charge >= 0.3 is 5.97 Å². The number of nitrogens with zero attached hydrogens (tertiary/aromatic N) is 1. The van der Waals surface area contributed by atoms with E-state index < -0.39 is 134 Å². The maximum atomic E-state index is 13.2. The van der Waals surface area contributed by atoms with Crippen LogP contribution in [0.4, 0.5) is 0 Å². The molecular weight excluding hydrogens is 732 g/mol. The van der Waals surface area contributed by atoms with Crippen LogP contribution in [-0.2, 0) is 54.4 Å². The minimum Gasteiger partial charge on any atom is -0.480 e. The molecule has 1 aromatic heterocycles. The van der Waals surface area contributed by atoms with E-state index in [1.165, 1.54) is 19.4 Å². The van der Waals surface area contributed by atoms with Crippen LogP contribution in [0.3, 0.4) is 0 Å². The molecule has 24 nitrogen and oxygen atoms in total. The van der Waals surface area contributed by atoms with Crippen molar-refractivity contribution in [3.05, 3.63) is 18.2 Å². The maximum absolute atomic E-state index is 13.2. The summed E-state index contributed by atoms with van der Waals surface area (Å²) in [6, 6.07) is -10.8. The first-order chi connectivity index (χ1) is 25.6. The van der Waals surface area contributed by atoms with Crippen LogP contribution in [0.5, 0.6) is 0 Å². The number of carboxylic acids is 1. The van der Waals surface area contributed by atoms with E-state index in [1.54, 1.807) is 13.8 Å². The smallest absolute Gasteiger partial charge is 0.326 e. The molecule has 0 bridgehead atoms. The first-order valence-corrected chi connectivity index (χ1v) is 16.9. The van der Waals surface area contributed by atoms with Gasteiger partial charge in [-0.25, -0.2) is 9.78 Å². The number of aromatic amines is 1. The normalized spacial score (nSPS) is 14.7. The van der Waals surface area contributed by atoms with Gasteiger partial charge in [-0.2, -0.15) is 0 Å². The van der Waals surface area contributed by atoms with E-state index in [0.29, 0.717) is 5.69 Å². The number of H-pyrrole nitrogens is 1. The number of nitrogens with two attached hydrogens (primary N) is 4. The average Bonchev–Trinajstić information content (AvgIpc) is 3.59. The second kappa shape index (κ2) is 22.8. The number of aliphatic hydroxyl groups is 1. The number of aliphatic hydroxyl groups excluding tert-OH is 1. The number of carboxylic acid groups (broad SMARTS) is 1. The average molecular weight is 783 g/mol. The quantitative estimate of drug-likeness (QED) is 0.0439. The van der Waals surface area contributed by atoms with Gasteiger partial charge in [0.25, 0.3) is 0 Å². The Bertz CT molecular complexity index is 1550. The van der Waals surface area contributed by atoms with Crippen molar-refractivity contribution >= 4 is 59.1 Å². The molecule has 306 valence electrons. The summed E-state index contributed by atoms with van der Waals surface area (Å²) in [7, 11) is 0. The van der Waals surface area contributed by atoms with Crippen molar-refractivity contribution in [2.45, 2.75) is 102 Å². The Kier molecular flexibility index (Phi) is 19.4. The lowest BCUT2D eigenvalue weighted by Gasteiger charge is -2.26. The number of carbonyl (C=O) groups excluding carboxylic acids is 9. The molecule has 55 heavy (non-hydrogen) atoms. The number of rotatable bonds is 25. The summed E-state index contributed by atoms with van der Waals surface area (Å²) in [5, 5.41) is 32.7. The van der Waals surface area contributed by atoms with Gasteiger partial charge in [-0.15, -0.1) is 0 Å². The van der Waals surface area contributed by atoms with E-state index in [9.17, 15) is 58.2 Å². The lowest BCUT2D eigenvalue weighted by molar-refractivity contribution is -0.142. The minimum absolute atomic E-state index is 0.00955. The van der Waals surface area contributed by atoms with Crippen LogP contribution in [0.15, 0.2) is 12.5 Å². The van der Waals surface area contributed by atoms with Crippen molar-refractivity contribution in [3.63, 3.8) is 0 Å². The molecule has 1 heterocycles. The third-order valence-corrected chi connectivity index (χ3v) is 7.61. The lowest BCUT2D eigenvalue weighted by atomic mass is 10.0. The van der Waals surface area contributed by atoms with E-state index in [-0.39, 0.29) is 18.8 Å². The van der Waals surface area contributed by atoms with Gasteiger partial charge in [0.1, 0.15) is 36.3 Å². The van der Waals surface area contributed by atoms with Crippen molar-refractivity contribution in [1.82, 2.24) is 41.9 Å². The number of amides is 9. The first kappa shape index (κ1) is 46.9. The van der Waals surface area contributed by atoms with Crippen LogP contribution in [-0.4, -0.2) is 128 Å². The minimum atomic E-state index is -1.86. The van der Waals surface area contributed by atoms with Crippen molar-refractivity contribution in [1.29, 1.82) is 0 Å². The monoisotopic (exact) mass is 782 g/mol. The Balaban J connectivity index is 3.11. The Morgan fingerprint density at radius 1 is 0.673 bits per heavy atom. The first-order valence-electron chi connectivity index (χ1n) is 16.9. The summed E-state index contributed by atoms with van der Waals surface area (Å²) in [5.41, 5.74) is 21.9. The highest BCUT2D eigenvalue weighted by Crippen LogP contribution is 2.06. The van der Waals surface area contributed by atoms with Gasteiger partial charge in [-0.05, 0) is 25.7 Å². The highest BCUT2D eigenvalue weighted by molar-refractivity contribution is 5.99. The van der Waals surface area contributed by atoms with Gasteiger partial charge < -0.3 is 70.0 Å². The van der Waals surface area contributed by atoms with E-state index in [1.807, 2.05) is 0 Å². The van der Waals surface area contributed by atoms with Gasteiger partial charge in [0, 0.05) is 24.7 Å². The SMILES string of the molecule is CC(C)C[C@H](N)C(=O)N[C@@H](CC(N)=O)C(=O)N[C@@H](CC(N)=O)C(=O)N[C@@H](CO)C(=O)N[C@@H](CCC(N)=O)C(=O)N[C@@H](C)C(=O)N[C@@H](Cc1cnc[nH]1)C(=O)O. The van der Waals surface area contributed by atoms with Crippen LogP contribution in [0.2, 0.25) is 0 Å². The molecule has 0 aliphatic rings. The highest BCUT2D eigenvalue weighted by Gasteiger charge is 2.34. The molecule has 0 aliphatic carbocycles. The van der Waals surface area contributed by atoms with Gasteiger partial charge in [0.15, 0.2) is 0 Å². The molecule has 0 unspecified atom stereocenters. The fourth-order valence-electron chi connectivity index (χ4n) is 4.77. The molecule has 0 spiro atoms. The van der Waals surface area contributed by atoms with E-state index in [0.717, 1.165) is 0 Å². The predicted octanol–water partition coefficient (Wildman–Crippen LogP) is -6.65. The summed E-state index contributed by atoms with van der Waals surface area (Å²) in [5.74, 6) is -10.8. The Morgan fingerprint density at radius 3 is 1.60 bits per heavy atom. The Hall–Kier alpha value is -6.17. The van der Waals surface area contributed by atoms with Crippen LogP contribution in [0.25, 0.3) is 0 Å². The van der Waals surface area contributed by atoms with Gasteiger partial charge in [0.2, 0.25) is 53.2 Å². The summed E-state index contributed by atoms with van der Waals surface area (Å²) < 4.78 is 0. The standard InChI is InChI=1S/C31H50N12O12/c1-13(2)6-16(32)26(49)40-18(8-23(34)46)28(51)41-19(9-24(35)47)29(52)43-21(11-44)30(53)39-17(4-5-22(33)45)27(50)38-14(3)25(48)42-20(31(54)55)7-15-10-36-12-37-15/h10,12-14,16-21,44H,4-9,11,32H2,1-3H3,(H2,33,45)(H2,34,46)(H2,35,47)(H,36,37)(H,38,50)(H,39,53)(H,40,49)(H,41,51)(H,42,48)(H,43,52)(H,54,55)/t14-,16-,17-,18-,19-,20-,21-/m0/s1. The molecule has 17 N–H and O–H groups in total. The molecule has 7 atom stereocenters. The predicted molar refractivity (Wildman–Crippen MR) is 188 cm³/mol. The number of hydrogen-bond donors (Lipinski definition) is 13. The molecule has 0 saturated heterocycles. The number of nitrogens with one attached hydrogen (secondary N) is 7. The molecule has 0 aliphatic heterocycles. The maximum Gasteiger partial charge on any atom is 0.326 e. The Labute approximate surface area is 314 Å². The van der Waals surface area contributed by atoms with Crippen LogP contribution < -0.4 is 54.8 Å². The molecule has 24 heteroatoms. The molecule has 0 radical (unpaired) electrons. The zero-order valence-corrected chi connectivity index (χ0v) is 30.5. The largest absolute Gasteiger partial charge is 0.480 e. The third-order valence-electron chi connectivity index (χ3n) is 7.61. The second-order valence-corrected chi connectivity index (χ2v) is 12.9. The van der Waals surface area contributed by atoms with E-state index >= 15 is 0 Å². The fraction of sp³-hybridized carbons (Fsp3) is 0.581. The molecule has 1 rings (SSSR count). The van der Waals surface area contributed by atoms with Gasteiger partial charge in [-0.1, -0.05) is 13.8 Å².